The lowest BCUT2D eigenvalue weighted by atomic mass is 10.2. The molecule has 7 nitrogen and oxygen atoms in total. The number of nitrogens with zero attached hydrogens (tertiary/aromatic N) is 1. The van der Waals surface area contributed by atoms with Crippen molar-refractivity contribution >= 4 is 15.9 Å². The van der Waals surface area contributed by atoms with E-state index < -0.39 is 10.0 Å². The van der Waals surface area contributed by atoms with Crippen LogP contribution in [0.15, 0.2) is 53.4 Å². The molecular weight excluding hydrogens is 380 g/mol. The van der Waals surface area contributed by atoms with Crippen LogP contribution in [0.4, 0.5) is 0 Å². The Morgan fingerprint density at radius 1 is 1.07 bits per heavy atom. The van der Waals surface area contributed by atoms with Gasteiger partial charge in [-0.3, -0.25) is 4.79 Å². The van der Waals surface area contributed by atoms with E-state index in [0.29, 0.717) is 36.8 Å². The first-order valence-corrected chi connectivity index (χ1v) is 10.7. The van der Waals surface area contributed by atoms with Crippen molar-refractivity contribution in [3.63, 3.8) is 0 Å². The number of fused-ring (bicyclic) bond motifs is 1. The molecule has 0 aliphatic carbocycles. The minimum atomic E-state index is -3.55. The monoisotopic (exact) mass is 402 g/mol. The molecule has 2 heterocycles. The van der Waals surface area contributed by atoms with Crippen LogP contribution in [0.1, 0.15) is 23.2 Å². The summed E-state index contributed by atoms with van der Waals surface area (Å²) in [5, 5.41) is 2.80. The van der Waals surface area contributed by atoms with Crippen LogP contribution in [0.25, 0.3) is 0 Å². The Kier molecular flexibility index (Phi) is 5.23. The minimum absolute atomic E-state index is 0.147. The third-order valence-electron chi connectivity index (χ3n) is 4.86. The van der Waals surface area contributed by atoms with Gasteiger partial charge >= 0.3 is 0 Å². The number of carbonyl (C=O) groups is 1. The molecule has 1 fully saturated rings. The highest BCUT2D eigenvalue weighted by atomic mass is 32.2. The Labute approximate surface area is 164 Å². The summed E-state index contributed by atoms with van der Waals surface area (Å²) in [7, 11) is -3.55. The van der Waals surface area contributed by atoms with Crippen molar-refractivity contribution in [1.29, 1.82) is 0 Å². The minimum Gasteiger partial charge on any atom is -0.486 e. The fourth-order valence-electron chi connectivity index (χ4n) is 3.35. The van der Waals surface area contributed by atoms with E-state index in [0.717, 1.165) is 12.8 Å². The second kappa shape index (κ2) is 7.81. The van der Waals surface area contributed by atoms with Gasteiger partial charge in [0.1, 0.15) is 12.7 Å². The van der Waals surface area contributed by atoms with E-state index in [1.165, 1.54) is 16.4 Å². The van der Waals surface area contributed by atoms with Crippen LogP contribution in [-0.4, -0.2) is 51.0 Å². The summed E-state index contributed by atoms with van der Waals surface area (Å²) in [6.07, 6.45) is 1.42. The second-order valence-corrected chi connectivity index (χ2v) is 8.78. The van der Waals surface area contributed by atoms with Gasteiger partial charge in [0, 0.05) is 18.7 Å². The zero-order valence-electron chi connectivity index (χ0n) is 15.3. The standard InChI is InChI=1S/C20H22N2O5S/c23-20(21-13-16-14-26-18-8-1-2-9-19(18)27-16)15-6-5-7-17(12-15)28(24,25)22-10-3-4-11-22/h1-2,5-9,12,16H,3-4,10-11,13-14H2,(H,21,23)/t16-/m0/s1. The van der Waals surface area contributed by atoms with Gasteiger partial charge in [0.05, 0.1) is 11.4 Å². The van der Waals surface area contributed by atoms with Crippen LogP contribution in [0.5, 0.6) is 11.5 Å². The Bertz CT molecular complexity index is 970. The van der Waals surface area contributed by atoms with Gasteiger partial charge in [0.15, 0.2) is 11.5 Å². The highest BCUT2D eigenvalue weighted by Gasteiger charge is 2.28. The zero-order valence-corrected chi connectivity index (χ0v) is 16.2. The molecule has 1 atom stereocenters. The molecule has 2 aromatic rings. The summed E-state index contributed by atoms with van der Waals surface area (Å²) in [6.45, 7) is 1.65. The molecule has 148 valence electrons. The number of hydrogen-bond donors (Lipinski definition) is 1. The van der Waals surface area contributed by atoms with Gasteiger partial charge in [-0.05, 0) is 43.2 Å². The SMILES string of the molecule is O=C(NC[C@H]1COc2ccccc2O1)c1cccc(S(=O)(=O)N2CCCC2)c1. The van der Waals surface area contributed by atoms with E-state index in [4.69, 9.17) is 9.47 Å². The largest absolute Gasteiger partial charge is 0.486 e. The number of sulfonamides is 1. The Morgan fingerprint density at radius 2 is 1.82 bits per heavy atom. The van der Waals surface area contributed by atoms with Gasteiger partial charge in [-0.25, -0.2) is 8.42 Å². The van der Waals surface area contributed by atoms with E-state index in [9.17, 15) is 13.2 Å². The van der Waals surface area contributed by atoms with E-state index in [-0.39, 0.29) is 23.5 Å². The van der Waals surface area contributed by atoms with Gasteiger partial charge in [-0.2, -0.15) is 4.31 Å². The maximum Gasteiger partial charge on any atom is 0.251 e. The Morgan fingerprint density at radius 3 is 2.61 bits per heavy atom. The number of nitrogens with one attached hydrogen (secondary N) is 1. The third-order valence-corrected chi connectivity index (χ3v) is 6.75. The number of benzene rings is 2. The van der Waals surface area contributed by atoms with E-state index >= 15 is 0 Å². The molecule has 8 heteroatoms. The lowest BCUT2D eigenvalue weighted by molar-refractivity contribution is 0.0789. The molecule has 0 spiro atoms. The van der Waals surface area contributed by atoms with Crippen LogP contribution < -0.4 is 14.8 Å². The van der Waals surface area contributed by atoms with E-state index in [1.54, 1.807) is 12.1 Å². The normalized spacial score (nSPS) is 19.4. The second-order valence-electron chi connectivity index (χ2n) is 6.85. The Balaban J connectivity index is 1.40. The summed E-state index contributed by atoms with van der Waals surface area (Å²) in [5.41, 5.74) is 0.303. The summed E-state index contributed by atoms with van der Waals surface area (Å²) in [5.74, 6) is 0.984. The van der Waals surface area contributed by atoms with Gasteiger partial charge < -0.3 is 14.8 Å². The van der Waals surface area contributed by atoms with Crippen molar-refractivity contribution in [2.75, 3.05) is 26.2 Å². The molecule has 28 heavy (non-hydrogen) atoms. The molecular formula is C20H22N2O5S. The average Bonchev–Trinajstić information content (AvgIpc) is 3.28. The number of carbonyl (C=O) groups excluding carboxylic acids is 1. The lowest BCUT2D eigenvalue weighted by Crippen LogP contribution is -2.40. The molecule has 2 aromatic carbocycles. The molecule has 4 rings (SSSR count). The topological polar surface area (TPSA) is 84.9 Å². The summed E-state index contributed by atoms with van der Waals surface area (Å²) in [6, 6.07) is 13.5. The maximum absolute atomic E-state index is 12.7. The summed E-state index contributed by atoms with van der Waals surface area (Å²) in [4.78, 5) is 12.7. The van der Waals surface area contributed by atoms with Crippen molar-refractivity contribution < 1.29 is 22.7 Å². The fraction of sp³-hybridized carbons (Fsp3) is 0.350. The Hall–Kier alpha value is -2.58. The number of rotatable bonds is 5. The molecule has 1 saturated heterocycles. The molecule has 0 saturated carbocycles. The molecule has 0 unspecified atom stereocenters. The van der Waals surface area contributed by atoms with Gasteiger partial charge in [0.2, 0.25) is 10.0 Å². The van der Waals surface area contributed by atoms with Gasteiger partial charge in [-0.15, -0.1) is 0 Å². The van der Waals surface area contributed by atoms with Crippen LogP contribution in [0, 0.1) is 0 Å². The summed E-state index contributed by atoms with van der Waals surface area (Å²) < 4.78 is 38.3. The van der Waals surface area contributed by atoms with Crippen molar-refractivity contribution in [3.05, 3.63) is 54.1 Å². The predicted molar refractivity (Wildman–Crippen MR) is 103 cm³/mol. The fourth-order valence-corrected chi connectivity index (χ4v) is 4.91. The number of para-hydroxylation sites is 2. The molecule has 2 aliphatic rings. The van der Waals surface area contributed by atoms with Crippen molar-refractivity contribution in [2.24, 2.45) is 0 Å². The molecule has 1 amide bonds. The van der Waals surface area contributed by atoms with Crippen molar-refractivity contribution in [2.45, 2.75) is 23.8 Å². The molecule has 0 radical (unpaired) electrons. The third kappa shape index (κ3) is 3.83. The van der Waals surface area contributed by atoms with Crippen LogP contribution in [-0.2, 0) is 10.0 Å². The first-order valence-electron chi connectivity index (χ1n) is 9.31. The van der Waals surface area contributed by atoms with Crippen LogP contribution in [0.3, 0.4) is 0 Å². The van der Waals surface area contributed by atoms with E-state index in [2.05, 4.69) is 5.32 Å². The quantitative estimate of drug-likeness (QED) is 0.827. The van der Waals surface area contributed by atoms with Crippen LogP contribution in [0.2, 0.25) is 0 Å². The smallest absolute Gasteiger partial charge is 0.251 e. The van der Waals surface area contributed by atoms with E-state index in [1.807, 2.05) is 24.3 Å². The first-order chi connectivity index (χ1) is 13.5. The lowest BCUT2D eigenvalue weighted by Gasteiger charge is -2.26. The predicted octanol–water partition coefficient (Wildman–Crippen LogP) is 2.04. The first kappa shape index (κ1) is 18.8. The highest BCUT2D eigenvalue weighted by molar-refractivity contribution is 7.89. The van der Waals surface area contributed by atoms with Crippen molar-refractivity contribution in [3.8, 4) is 11.5 Å². The van der Waals surface area contributed by atoms with Gasteiger partial charge in [0.25, 0.3) is 5.91 Å². The van der Waals surface area contributed by atoms with Gasteiger partial charge in [-0.1, -0.05) is 18.2 Å². The number of hydrogen-bond acceptors (Lipinski definition) is 5. The highest BCUT2D eigenvalue weighted by Crippen LogP contribution is 2.30. The summed E-state index contributed by atoms with van der Waals surface area (Å²) >= 11 is 0. The van der Waals surface area contributed by atoms with Crippen LogP contribution >= 0.6 is 0 Å². The maximum atomic E-state index is 12.7. The van der Waals surface area contributed by atoms with Crippen molar-refractivity contribution in [1.82, 2.24) is 9.62 Å². The number of amides is 1. The average molecular weight is 402 g/mol. The molecule has 2 aliphatic heterocycles. The zero-order chi connectivity index (χ0) is 19.6. The molecule has 1 N–H and O–H groups in total. The molecule has 0 bridgehead atoms. The number of ether oxygens (including phenoxy) is 2. The molecule has 0 aromatic heterocycles.